The second kappa shape index (κ2) is 24.2. The van der Waals surface area contributed by atoms with Crippen LogP contribution in [0.15, 0.2) is 59.0 Å². The van der Waals surface area contributed by atoms with Crippen LogP contribution in [-0.4, -0.2) is 150 Å². The number of hydrogen-bond acceptors (Lipinski definition) is 17. The first-order chi connectivity index (χ1) is 37.0. The topological polar surface area (TPSA) is 317 Å². The van der Waals surface area contributed by atoms with Crippen molar-refractivity contribution < 1.29 is 43.8 Å². The fourth-order valence-corrected chi connectivity index (χ4v) is 12.5. The van der Waals surface area contributed by atoms with Gasteiger partial charge in [-0.05, 0) is 61.9 Å². The number of benzene rings is 2. The van der Waals surface area contributed by atoms with Crippen molar-refractivity contribution in [2.45, 2.75) is 110 Å². The molecule has 3 aromatic heterocycles. The summed E-state index contributed by atoms with van der Waals surface area (Å²) in [7, 11) is 0. The third-order valence-electron chi connectivity index (χ3n) is 13.7. The fraction of sp³-hybridized carbons (Fsp3) is 0.442. The molecule has 414 valence electrons. The van der Waals surface area contributed by atoms with E-state index in [0.29, 0.717) is 27.9 Å². The van der Waals surface area contributed by atoms with E-state index in [4.69, 9.17) is 22.3 Å². The molecule has 3 aliphatic rings. The van der Waals surface area contributed by atoms with Crippen LogP contribution >= 0.6 is 46.0 Å². The first-order valence-corrected chi connectivity index (χ1v) is 28.3. The molecule has 78 heavy (non-hydrogen) atoms. The van der Waals surface area contributed by atoms with E-state index < -0.39 is 108 Å². The van der Waals surface area contributed by atoms with Gasteiger partial charge in [0.2, 0.25) is 41.4 Å². The van der Waals surface area contributed by atoms with Crippen LogP contribution in [0.2, 0.25) is 5.02 Å². The van der Waals surface area contributed by atoms with Gasteiger partial charge in [-0.25, -0.2) is 4.98 Å². The molecule has 0 radical (unpaired) electrons. The number of nitrogens with zero attached hydrogens (tertiary/aromatic N) is 6. The number of thiophene rings is 1. The lowest BCUT2D eigenvalue weighted by Crippen LogP contribution is -2.59. The minimum absolute atomic E-state index is 0.109. The normalized spacial score (nSPS) is 24.0. The van der Waals surface area contributed by atoms with Gasteiger partial charge in [0.25, 0.3) is 0 Å². The van der Waals surface area contributed by atoms with E-state index in [1.807, 2.05) is 37.5 Å². The standard InChI is InChI=1S/C52H62ClN13O9S3/c1-24-26(3)78-51-40(24)41(28-12-14-31(53)15-13-28)59-33(46-64-63-27(4)66(46)51)17-37(68)55-18-34-47(72)60-35(45(54)71)21-76-22-39(70)61-44(52(5,6)7)50(75)65-20-32(67)16-36(65)48(73)62-42(49(74)56-19-38(69)58-34)29-8-10-30(11-9-29)43-25(2)57-23-77-43/h8-15,23,32-36,39,42,44,61,67,70H,16-22H2,1-7H3,(H2,54,71)(H,55,68)(H,56,74)(H,58,69)(H,60,72)(H,62,73)/t32-,33+,34-,35+,36+,39?,42-,44-/m1/s1. The largest absolute Gasteiger partial charge is 0.391 e. The lowest BCUT2D eigenvalue weighted by Gasteiger charge is -2.37. The van der Waals surface area contributed by atoms with Crippen molar-refractivity contribution in [1.29, 1.82) is 0 Å². The van der Waals surface area contributed by atoms with E-state index >= 15 is 0 Å². The summed E-state index contributed by atoms with van der Waals surface area (Å²) in [5.41, 5.74) is 11.7. The molecule has 10 N–H and O–H groups in total. The highest BCUT2D eigenvalue weighted by Gasteiger charge is 2.45. The maximum absolute atomic E-state index is 14.4. The Hall–Kier alpha value is -6.61. The van der Waals surface area contributed by atoms with E-state index in [1.165, 1.54) is 16.2 Å². The molecular formula is C52H62ClN13O9S3. The number of rotatable bonds is 8. The van der Waals surface area contributed by atoms with Gasteiger partial charge in [-0.3, -0.25) is 48.4 Å². The molecule has 2 saturated heterocycles. The maximum atomic E-state index is 14.4. The maximum Gasteiger partial charge on any atom is 0.247 e. The molecule has 3 aliphatic heterocycles. The summed E-state index contributed by atoms with van der Waals surface area (Å²) >= 11 is 10.3. The fourth-order valence-electron chi connectivity index (χ4n) is 9.43. The highest BCUT2D eigenvalue weighted by molar-refractivity contribution is 7.99. The molecule has 6 heterocycles. The number of aliphatic hydroxyl groups is 2. The molecule has 7 amide bonds. The van der Waals surface area contributed by atoms with Gasteiger partial charge >= 0.3 is 0 Å². The Bertz CT molecular complexity index is 3140. The number of halogens is 1. The smallest absolute Gasteiger partial charge is 0.247 e. The lowest BCUT2D eigenvalue weighted by molar-refractivity contribution is -0.143. The molecule has 5 aromatic rings. The summed E-state index contributed by atoms with van der Waals surface area (Å²) in [5.74, 6) is -4.86. The van der Waals surface area contributed by atoms with Crippen molar-refractivity contribution in [2.75, 3.05) is 31.1 Å². The zero-order valence-electron chi connectivity index (χ0n) is 43.9. The second-order valence-corrected chi connectivity index (χ2v) is 24.0. The van der Waals surface area contributed by atoms with Crippen molar-refractivity contribution in [1.82, 2.24) is 56.5 Å². The van der Waals surface area contributed by atoms with Crippen molar-refractivity contribution in [2.24, 2.45) is 16.1 Å². The molecule has 0 saturated carbocycles. The van der Waals surface area contributed by atoms with Crippen LogP contribution in [0, 0.1) is 33.1 Å². The van der Waals surface area contributed by atoms with Crippen LogP contribution in [0.5, 0.6) is 0 Å². The number of thiazole rings is 1. The predicted octanol–water partition coefficient (Wildman–Crippen LogP) is 2.20. The van der Waals surface area contributed by atoms with E-state index in [0.717, 1.165) is 54.5 Å². The Balaban J connectivity index is 1.08. The molecule has 26 heteroatoms. The highest BCUT2D eigenvalue weighted by Crippen LogP contribution is 2.40. The Kier molecular flexibility index (Phi) is 17.8. The number of aliphatic imine (C=N–C) groups is 1. The van der Waals surface area contributed by atoms with Crippen molar-refractivity contribution in [3.63, 3.8) is 0 Å². The van der Waals surface area contributed by atoms with Crippen LogP contribution in [0.25, 0.3) is 15.4 Å². The lowest BCUT2D eigenvalue weighted by atomic mass is 9.85. The summed E-state index contributed by atoms with van der Waals surface area (Å²) in [6, 6.07) is 6.36. The molecule has 22 nitrogen and oxygen atoms in total. The van der Waals surface area contributed by atoms with Crippen LogP contribution in [0.3, 0.4) is 0 Å². The SMILES string of the molecule is Cc1ncsc1-c1ccc([C@H]2NC(=O)[C@@H]3C[C@@H](O)CN3C(=O)[C@H](C(C)(C)C)NC(O)CSC[C@@H](C(N)=O)NC(=O)[C@@H](CNC(=O)C[C@@H]3N=C(c4ccc(Cl)cc4)c4c(sc(C)c4C)-n4c(C)nnc43)NC(=O)CNC2=O)cc1. The Morgan fingerprint density at radius 1 is 0.897 bits per heavy atom. The van der Waals surface area contributed by atoms with Gasteiger partial charge in [-0.2, -0.15) is 11.8 Å². The van der Waals surface area contributed by atoms with Crippen LogP contribution < -0.4 is 37.6 Å². The minimum Gasteiger partial charge on any atom is -0.391 e. The van der Waals surface area contributed by atoms with Crippen molar-refractivity contribution in [3.8, 4) is 15.4 Å². The van der Waals surface area contributed by atoms with Crippen LogP contribution in [0.4, 0.5) is 0 Å². The number of nitrogens with one attached hydrogen (secondary N) is 6. The van der Waals surface area contributed by atoms with E-state index in [2.05, 4.69) is 47.1 Å². The number of fused-ring (bicyclic) bond motifs is 4. The number of nitrogens with two attached hydrogens (primary N) is 1. The molecule has 0 bridgehead atoms. The molecule has 0 spiro atoms. The van der Waals surface area contributed by atoms with Gasteiger partial charge < -0.3 is 47.4 Å². The predicted molar refractivity (Wildman–Crippen MR) is 296 cm³/mol. The number of aliphatic hydroxyl groups excluding tert-OH is 2. The quantitative estimate of drug-likeness (QED) is 0.108. The van der Waals surface area contributed by atoms with Gasteiger partial charge in [0.1, 0.15) is 47.3 Å². The molecule has 8 atom stereocenters. The number of carbonyl (C=O) groups excluding carboxylic acids is 7. The van der Waals surface area contributed by atoms with Crippen LogP contribution in [-0.2, 0) is 33.6 Å². The van der Waals surface area contributed by atoms with E-state index in [9.17, 15) is 43.8 Å². The number of aryl methyl sites for hydroxylation is 3. The number of thioether (sulfide) groups is 1. The van der Waals surface area contributed by atoms with Gasteiger partial charge in [0.05, 0.1) is 46.9 Å². The minimum atomic E-state index is -1.56. The average molecular weight is 1140 g/mol. The van der Waals surface area contributed by atoms with E-state index in [-0.39, 0.29) is 30.9 Å². The number of hydrogen-bond donors (Lipinski definition) is 9. The third-order valence-corrected chi connectivity index (χ3v) is 17.2. The zero-order chi connectivity index (χ0) is 56.3. The number of primary amides is 1. The Morgan fingerprint density at radius 2 is 1.60 bits per heavy atom. The number of amides is 7. The molecule has 8 rings (SSSR count). The summed E-state index contributed by atoms with van der Waals surface area (Å²) in [6.07, 6.45) is -2.91. The monoisotopic (exact) mass is 1140 g/mol. The second-order valence-electron chi connectivity index (χ2n) is 20.5. The summed E-state index contributed by atoms with van der Waals surface area (Å²) in [4.78, 5) is 111. The molecule has 1 unspecified atom stereocenters. The first kappa shape index (κ1) is 57.6. The van der Waals surface area contributed by atoms with Gasteiger partial charge in [0.15, 0.2) is 5.82 Å². The highest BCUT2D eigenvalue weighted by atomic mass is 35.5. The average Bonchev–Trinajstić information content (AvgIpc) is 4.24. The molecular weight excluding hydrogens is 1080 g/mol. The van der Waals surface area contributed by atoms with Gasteiger partial charge in [-0.15, -0.1) is 32.9 Å². The summed E-state index contributed by atoms with van der Waals surface area (Å²) in [6.45, 7) is 11.5. The third kappa shape index (κ3) is 12.9. The summed E-state index contributed by atoms with van der Waals surface area (Å²) in [5, 5.41) is 48.5. The molecule has 2 aromatic carbocycles. The molecule has 0 aliphatic carbocycles. The van der Waals surface area contributed by atoms with Crippen molar-refractivity contribution >= 4 is 93.1 Å². The first-order valence-electron chi connectivity index (χ1n) is 25.1. The van der Waals surface area contributed by atoms with Gasteiger partial charge in [-0.1, -0.05) is 68.8 Å². The molecule has 2 fully saturated rings. The number of carbonyl (C=O) groups is 7. The van der Waals surface area contributed by atoms with E-state index in [1.54, 1.807) is 80.9 Å². The summed E-state index contributed by atoms with van der Waals surface area (Å²) < 4.78 is 1.88. The van der Waals surface area contributed by atoms with Crippen molar-refractivity contribution in [3.05, 3.63) is 104 Å². The Labute approximate surface area is 467 Å². The number of aromatic nitrogens is 4. The van der Waals surface area contributed by atoms with Crippen LogP contribution in [0.1, 0.15) is 90.2 Å². The van der Waals surface area contributed by atoms with Gasteiger partial charge in [0, 0.05) is 52.0 Å². The zero-order valence-corrected chi connectivity index (χ0v) is 47.1. The Morgan fingerprint density at radius 3 is 2.27 bits per heavy atom.